The fourth-order valence-electron chi connectivity index (χ4n) is 4.69. The van der Waals surface area contributed by atoms with Gasteiger partial charge in [0, 0.05) is 52.0 Å². The number of nitro benzene ring substituents is 1. The molecule has 0 spiro atoms. The lowest BCUT2D eigenvalue weighted by Crippen LogP contribution is -2.51. The molecule has 3 heterocycles. The molecule has 0 radical (unpaired) electrons. The molecule has 3 amide bonds. The average molecular weight is 537 g/mol. The number of rotatable bonds is 5. The molecule has 0 N–H and O–H groups in total. The van der Waals surface area contributed by atoms with E-state index < -0.39 is 22.6 Å². The highest BCUT2D eigenvalue weighted by Crippen LogP contribution is 2.35. The fourth-order valence-corrected chi connectivity index (χ4v) is 5.52. The minimum atomic E-state index is -0.687. The summed E-state index contributed by atoms with van der Waals surface area (Å²) in [5.41, 5.74) is 1.30. The normalized spacial score (nSPS) is 17.2. The zero-order valence-electron chi connectivity index (χ0n) is 20.7. The molecule has 2 aliphatic heterocycles. The van der Waals surface area contributed by atoms with Gasteiger partial charge >= 0.3 is 5.69 Å². The highest BCUT2D eigenvalue weighted by atomic mass is 32.2. The molecule has 5 rings (SSSR count). The number of nitrogens with zero attached hydrogens (tertiary/aromatic N) is 6. The number of anilines is 1. The van der Waals surface area contributed by atoms with E-state index >= 15 is 0 Å². The number of carbonyl (C=O) groups is 3. The van der Waals surface area contributed by atoms with Gasteiger partial charge in [0.25, 0.3) is 16.8 Å². The van der Waals surface area contributed by atoms with Gasteiger partial charge in [0.15, 0.2) is 0 Å². The Labute approximate surface area is 220 Å². The van der Waals surface area contributed by atoms with E-state index in [1.54, 1.807) is 11.9 Å². The van der Waals surface area contributed by atoms with Crippen molar-refractivity contribution < 1.29 is 19.3 Å². The van der Waals surface area contributed by atoms with E-state index in [1.165, 1.54) is 34.4 Å². The predicted octanol–water partition coefficient (Wildman–Crippen LogP) is 2.17. The first-order chi connectivity index (χ1) is 18.2. The van der Waals surface area contributed by atoms with Crippen LogP contribution >= 0.6 is 11.8 Å². The van der Waals surface area contributed by atoms with Crippen molar-refractivity contribution in [2.24, 2.45) is 14.1 Å². The second-order valence-electron chi connectivity index (χ2n) is 9.03. The van der Waals surface area contributed by atoms with Crippen LogP contribution in [-0.2, 0) is 23.7 Å². The number of fused-ring (bicyclic) bond motifs is 1. The Morgan fingerprint density at radius 1 is 1.00 bits per heavy atom. The molecule has 0 aliphatic carbocycles. The number of amides is 3. The Balaban J connectivity index is 1.33. The highest BCUT2D eigenvalue weighted by molar-refractivity contribution is 8.18. The van der Waals surface area contributed by atoms with Crippen LogP contribution in [0.25, 0.3) is 17.1 Å². The van der Waals surface area contributed by atoms with Crippen LogP contribution in [-0.4, -0.2) is 73.6 Å². The molecular weight excluding hydrogens is 512 g/mol. The number of imidazole rings is 1. The van der Waals surface area contributed by atoms with E-state index in [4.69, 9.17) is 0 Å². The maximum Gasteiger partial charge on any atom is 0.328 e. The van der Waals surface area contributed by atoms with Crippen LogP contribution in [0.2, 0.25) is 0 Å². The molecule has 0 atom stereocenters. The largest absolute Gasteiger partial charge is 0.368 e. The van der Waals surface area contributed by atoms with Gasteiger partial charge in [0.1, 0.15) is 6.54 Å². The number of imide groups is 1. The first-order valence-electron chi connectivity index (χ1n) is 11.8. The number of hydrogen-bond donors (Lipinski definition) is 0. The number of carbonyl (C=O) groups excluding carboxylic acids is 3. The smallest absolute Gasteiger partial charge is 0.328 e. The summed E-state index contributed by atoms with van der Waals surface area (Å²) in [4.78, 5) is 66.7. The zero-order chi connectivity index (χ0) is 27.1. The summed E-state index contributed by atoms with van der Waals surface area (Å²) in [5.74, 6) is -1.03. The maximum atomic E-state index is 13.1. The molecule has 12 nitrogen and oxygen atoms in total. The Hall–Kier alpha value is -4.39. The number of thioether (sulfide) groups is 1. The fraction of sp³-hybridized carbons (Fsp3) is 0.280. The minimum absolute atomic E-state index is 0.0277. The third-order valence-electron chi connectivity index (χ3n) is 6.82. The van der Waals surface area contributed by atoms with E-state index in [2.05, 4.69) is 4.90 Å². The number of hydrogen-bond acceptors (Lipinski definition) is 8. The third-order valence-corrected chi connectivity index (χ3v) is 7.73. The number of aromatic nitrogens is 2. The monoisotopic (exact) mass is 536 g/mol. The predicted molar refractivity (Wildman–Crippen MR) is 143 cm³/mol. The number of benzene rings is 2. The van der Waals surface area contributed by atoms with Crippen molar-refractivity contribution in [1.82, 2.24) is 18.9 Å². The van der Waals surface area contributed by atoms with Gasteiger partial charge in [-0.15, -0.1) is 0 Å². The van der Waals surface area contributed by atoms with E-state index in [0.717, 1.165) is 10.6 Å². The van der Waals surface area contributed by atoms with Gasteiger partial charge in [0.05, 0.1) is 26.4 Å². The Morgan fingerprint density at radius 3 is 2.26 bits per heavy atom. The number of para-hydroxylation sites is 1. The lowest BCUT2D eigenvalue weighted by atomic mass is 10.1. The minimum Gasteiger partial charge on any atom is -0.368 e. The number of aryl methyl sites for hydroxylation is 2. The maximum absolute atomic E-state index is 13.1. The SMILES string of the molecule is Cn1c(=O)n(C)c2cc([N+](=O)[O-])c(/C=C3\SC(=O)N(CC(=O)N4CCN(c5ccccc5)CC4)C3=O)cc21. The summed E-state index contributed by atoms with van der Waals surface area (Å²) in [6.07, 6.45) is 1.27. The molecular formula is C25H24N6O6S. The van der Waals surface area contributed by atoms with Gasteiger partial charge in [-0.1, -0.05) is 18.2 Å². The van der Waals surface area contributed by atoms with Crippen LogP contribution in [0.5, 0.6) is 0 Å². The van der Waals surface area contributed by atoms with E-state index in [1.807, 2.05) is 30.3 Å². The summed E-state index contributed by atoms with van der Waals surface area (Å²) in [7, 11) is 3.05. The molecule has 13 heteroatoms. The van der Waals surface area contributed by atoms with Crippen LogP contribution in [0, 0.1) is 10.1 Å². The third kappa shape index (κ3) is 4.45. The van der Waals surface area contributed by atoms with Crippen molar-refractivity contribution in [1.29, 1.82) is 0 Å². The second-order valence-corrected chi connectivity index (χ2v) is 10.0. The first-order valence-corrected chi connectivity index (χ1v) is 12.6. The summed E-state index contributed by atoms with van der Waals surface area (Å²) in [6.45, 7) is 1.78. The standard InChI is InChI=1S/C25H24N6O6S/c1-26-19-12-16(18(31(36)37)14-20(19)27(2)24(26)34)13-21-23(33)30(25(35)38-21)15-22(32)29-10-8-28(9-11-29)17-6-4-3-5-7-17/h3-7,12-14H,8-11,15H2,1-2H3/b21-13-. The van der Waals surface area contributed by atoms with Crippen LogP contribution in [0.15, 0.2) is 52.2 Å². The summed E-state index contributed by atoms with van der Waals surface area (Å²) in [5, 5.41) is 11.1. The zero-order valence-corrected chi connectivity index (χ0v) is 21.5. The van der Waals surface area contributed by atoms with Crippen LogP contribution in [0.4, 0.5) is 16.2 Å². The van der Waals surface area contributed by atoms with Crippen LogP contribution < -0.4 is 10.6 Å². The number of piperazine rings is 1. The van der Waals surface area contributed by atoms with Crippen molar-refractivity contribution in [3.8, 4) is 0 Å². The van der Waals surface area contributed by atoms with Crippen molar-refractivity contribution >= 4 is 57.3 Å². The Morgan fingerprint density at radius 2 is 1.63 bits per heavy atom. The molecule has 196 valence electrons. The van der Waals surface area contributed by atoms with Crippen molar-refractivity contribution in [2.75, 3.05) is 37.6 Å². The average Bonchev–Trinajstić information content (AvgIpc) is 3.30. The molecule has 3 aromatic rings. The topological polar surface area (TPSA) is 131 Å². The lowest BCUT2D eigenvalue weighted by Gasteiger charge is -2.36. The highest BCUT2D eigenvalue weighted by Gasteiger charge is 2.38. The molecule has 0 bridgehead atoms. The Bertz CT molecular complexity index is 1570. The van der Waals surface area contributed by atoms with Crippen molar-refractivity contribution in [3.63, 3.8) is 0 Å². The molecule has 2 fully saturated rings. The molecule has 2 saturated heterocycles. The first kappa shape index (κ1) is 25.3. The summed E-state index contributed by atoms with van der Waals surface area (Å²) >= 11 is 0.625. The van der Waals surface area contributed by atoms with Gasteiger partial charge in [0.2, 0.25) is 5.91 Å². The summed E-state index contributed by atoms with van der Waals surface area (Å²) < 4.78 is 2.64. The Kier molecular flexibility index (Phi) is 6.53. The lowest BCUT2D eigenvalue weighted by molar-refractivity contribution is -0.385. The van der Waals surface area contributed by atoms with Crippen molar-refractivity contribution in [2.45, 2.75) is 0 Å². The molecule has 1 aromatic heterocycles. The van der Waals surface area contributed by atoms with E-state index in [-0.39, 0.29) is 27.8 Å². The molecule has 2 aromatic carbocycles. The van der Waals surface area contributed by atoms with Gasteiger partial charge in [-0.25, -0.2) is 4.79 Å². The van der Waals surface area contributed by atoms with Gasteiger partial charge in [-0.3, -0.25) is 38.5 Å². The molecule has 0 unspecified atom stereocenters. The molecule has 38 heavy (non-hydrogen) atoms. The molecule has 2 aliphatic rings. The van der Waals surface area contributed by atoms with E-state index in [0.29, 0.717) is 49.0 Å². The second kappa shape index (κ2) is 9.82. The van der Waals surface area contributed by atoms with Crippen LogP contribution in [0.1, 0.15) is 5.56 Å². The molecule has 0 saturated carbocycles. The van der Waals surface area contributed by atoms with Crippen molar-refractivity contribution in [3.05, 3.63) is 73.5 Å². The quantitative estimate of drug-likeness (QED) is 0.275. The number of nitro groups is 1. The van der Waals surface area contributed by atoms with Crippen LogP contribution in [0.3, 0.4) is 0 Å². The van der Waals surface area contributed by atoms with E-state index in [9.17, 15) is 29.3 Å². The van der Waals surface area contributed by atoms with Gasteiger partial charge < -0.3 is 9.80 Å². The summed E-state index contributed by atoms with van der Waals surface area (Å²) in [6, 6.07) is 12.6. The van der Waals surface area contributed by atoms with Gasteiger partial charge in [-0.05, 0) is 36.0 Å². The van der Waals surface area contributed by atoms with Gasteiger partial charge in [-0.2, -0.15) is 0 Å².